The molecule has 0 atom stereocenters. The summed E-state index contributed by atoms with van der Waals surface area (Å²) in [5.74, 6) is 0.0168. The van der Waals surface area contributed by atoms with Crippen molar-refractivity contribution in [3.63, 3.8) is 0 Å². The number of benzene rings is 1. The van der Waals surface area contributed by atoms with Gasteiger partial charge in [-0.15, -0.1) is 0 Å². The van der Waals surface area contributed by atoms with E-state index in [4.69, 9.17) is 0 Å². The number of aromatic nitrogens is 1. The van der Waals surface area contributed by atoms with E-state index in [0.29, 0.717) is 10.2 Å². The van der Waals surface area contributed by atoms with Crippen LogP contribution in [0.2, 0.25) is 0 Å². The summed E-state index contributed by atoms with van der Waals surface area (Å²) in [6, 6.07) is 8.41. The largest absolute Gasteiger partial charge is 0.618 e. The van der Waals surface area contributed by atoms with Crippen LogP contribution in [0.1, 0.15) is 0 Å². The topological polar surface area (TPSA) is 47.2 Å². The van der Waals surface area contributed by atoms with Gasteiger partial charge in [-0.05, 0) is 18.2 Å². The maximum atomic E-state index is 11.2. The first-order chi connectivity index (χ1) is 5.79. The van der Waals surface area contributed by atoms with Gasteiger partial charge in [0.25, 0.3) is 5.52 Å². The summed E-state index contributed by atoms with van der Waals surface area (Å²) in [7, 11) is 0. The summed E-state index contributed by atoms with van der Waals surface area (Å²) in [6.45, 7) is 0. The Labute approximate surface area is 69.1 Å². The highest BCUT2D eigenvalue weighted by Gasteiger charge is 2.06. The van der Waals surface area contributed by atoms with Crippen molar-refractivity contribution < 1.29 is 9.84 Å². The van der Waals surface area contributed by atoms with Crippen LogP contribution in [0, 0.1) is 5.21 Å². The molecule has 0 radical (unpaired) electrons. The molecule has 2 rings (SSSR count). The van der Waals surface area contributed by atoms with Crippen LogP contribution in [0.15, 0.2) is 36.5 Å². The Hall–Kier alpha value is -1.77. The van der Waals surface area contributed by atoms with E-state index >= 15 is 0 Å². The summed E-state index contributed by atoms with van der Waals surface area (Å²) in [4.78, 5) is 0. The second-order valence-corrected chi connectivity index (χ2v) is 2.55. The lowest BCUT2D eigenvalue weighted by Crippen LogP contribution is -2.25. The monoisotopic (exact) mass is 161 g/mol. The number of rotatable bonds is 0. The van der Waals surface area contributed by atoms with Gasteiger partial charge in [0.15, 0.2) is 11.9 Å². The quantitative estimate of drug-likeness (QED) is 0.466. The molecule has 0 unspecified atom stereocenters. The van der Waals surface area contributed by atoms with Gasteiger partial charge >= 0.3 is 0 Å². The molecule has 0 aliphatic rings. The molecule has 3 nitrogen and oxygen atoms in total. The Balaban J connectivity index is 2.96. The van der Waals surface area contributed by atoms with E-state index in [1.165, 1.54) is 12.3 Å². The zero-order chi connectivity index (χ0) is 8.55. The molecule has 0 aliphatic carbocycles. The molecular formula is C9H7NO2. The predicted octanol–water partition coefficient (Wildman–Crippen LogP) is 1.18. The summed E-state index contributed by atoms with van der Waals surface area (Å²) < 4.78 is 0.657. The molecule has 0 saturated carbocycles. The van der Waals surface area contributed by atoms with E-state index in [1.807, 2.05) is 0 Å². The van der Waals surface area contributed by atoms with Gasteiger partial charge in [-0.25, -0.2) is 0 Å². The number of pyridine rings is 1. The van der Waals surface area contributed by atoms with Crippen LogP contribution in [0.25, 0.3) is 10.9 Å². The van der Waals surface area contributed by atoms with Gasteiger partial charge in [-0.1, -0.05) is 6.07 Å². The minimum absolute atomic E-state index is 0.0168. The molecule has 0 aliphatic heterocycles. The van der Waals surface area contributed by atoms with Gasteiger partial charge in [-0.3, -0.25) is 0 Å². The molecule has 3 heteroatoms. The first kappa shape index (κ1) is 6.91. The molecule has 1 heterocycles. The van der Waals surface area contributed by atoms with Gasteiger partial charge in [0.2, 0.25) is 0 Å². The summed E-state index contributed by atoms with van der Waals surface area (Å²) in [5, 5.41) is 21.2. The highest BCUT2D eigenvalue weighted by molar-refractivity contribution is 5.80. The third-order valence-electron chi connectivity index (χ3n) is 1.76. The van der Waals surface area contributed by atoms with Crippen LogP contribution in [-0.2, 0) is 0 Å². The SMILES string of the molecule is [O-][n+]1cccc2cccc(O)c21. The van der Waals surface area contributed by atoms with E-state index in [1.54, 1.807) is 24.3 Å². The molecule has 60 valence electrons. The minimum atomic E-state index is 0.0168. The summed E-state index contributed by atoms with van der Waals surface area (Å²) in [6.07, 6.45) is 1.36. The maximum Gasteiger partial charge on any atom is 0.265 e. The lowest BCUT2D eigenvalue weighted by molar-refractivity contribution is -0.577. The molecule has 12 heavy (non-hydrogen) atoms. The standard InChI is InChI=1S/C9H7NO2/c11-8-5-1-3-7-4-2-6-10(12)9(7)8/h1-6,11H. The van der Waals surface area contributed by atoms with Crippen LogP contribution < -0.4 is 4.73 Å². The van der Waals surface area contributed by atoms with E-state index in [2.05, 4.69) is 0 Å². The molecule has 2 aromatic rings. The zero-order valence-electron chi connectivity index (χ0n) is 6.27. The van der Waals surface area contributed by atoms with Gasteiger partial charge in [-0.2, -0.15) is 4.73 Å². The third kappa shape index (κ3) is 0.871. The molecule has 0 saturated heterocycles. The van der Waals surface area contributed by atoms with Crippen molar-refractivity contribution in [3.8, 4) is 5.75 Å². The van der Waals surface area contributed by atoms with Crippen molar-refractivity contribution in [1.82, 2.24) is 0 Å². The Kier molecular flexibility index (Phi) is 1.37. The highest BCUT2D eigenvalue weighted by Crippen LogP contribution is 2.19. The van der Waals surface area contributed by atoms with Crippen LogP contribution in [0.3, 0.4) is 0 Å². The van der Waals surface area contributed by atoms with Crippen molar-refractivity contribution in [2.24, 2.45) is 0 Å². The number of hydrogen-bond acceptors (Lipinski definition) is 2. The second kappa shape index (κ2) is 2.37. The second-order valence-electron chi connectivity index (χ2n) is 2.55. The van der Waals surface area contributed by atoms with Gasteiger partial charge < -0.3 is 10.3 Å². The van der Waals surface area contributed by atoms with E-state index in [9.17, 15) is 10.3 Å². The average molecular weight is 161 g/mol. The molecule has 0 fully saturated rings. The first-order valence-electron chi connectivity index (χ1n) is 3.59. The smallest absolute Gasteiger partial charge is 0.265 e. The Morgan fingerprint density at radius 1 is 1.17 bits per heavy atom. The summed E-state index contributed by atoms with van der Waals surface area (Å²) in [5.41, 5.74) is 0.319. The Bertz CT molecular complexity index is 389. The maximum absolute atomic E-state index is 11.2. The normalized spacial score (nSPS) is 10.3. The predicted molar refractivity (Wildman–Crippen MR) is 44.6 cm³/mol. The molecule has 1 aromatic heterocycles. The average Bonchev–Trinajstić information content (AvgIpc) is 2.04. The fraction of sp³-hybridized carbons (Fsp3) is 0. The molecule has 0 bridgehead atoms. The Morgan fingerprint density at radius 2 is 1.92 bits per heavy atom. The first-order valence-corrected chi connectivity index (χ1v) is 3.59. The van der Waals surface area contributed by atoms with Gasteiger partial charge in [0.05, 0.1) is 5.39 Å². The van der Waals surface area contributed by atoms with Crippen molar-refractivity contribution in [2.45, 2.75) is 0 Å². The van der Waals surface area contributed by atoms with Crippen LogP contribution >= 0.6 is 0 Å². The number of phenolic OH excluding ortho intramolecular Hbond substituents is 1. The van der Waals surface area contributed by atoms with Crippen LogP contribution in [0.4, 0.5) is 0 Å². The number of fused-ring (bicyclic) bond motifs is 1. The number of hydrogen-bond donors (Lipinski definition) is 1. The van der Waals surface area contributed by atoms with Crippen LogP contribution in [0.5, 0.6) is 5.75 Å². The fourth-order valence-corrected chi connectivity index (χ4v) is 1.22. The fourth-order valence-electron chi connectivity index (χ4n) is 1.22. The molecule has 0 spiro atoms. The molecule has 1 N–H and O–H groups in total. The van der Waals surface area contributed by atoms with Gasteiger partial charge in [0, 0.05) is 6.07 Å². The van der Waals surface area contributed by atoms with E-state index in [-0.39, 0.29) is 5.75 Å². The van der Waals surface area contributed by atoms with E-state index < -0.39 is 0 Å². The lowest BCUT2D eigenvalue weighted by Gasteiger charge is -2.01. The summed E-state index contributed by atoms with van der Waals surface area (Å²) >= 11 is 0. The van der Waals surface area contributed by atoms with Crippen molar-refractivity contribution in [1.29, 1.82) is 0 Å². The van der Waals surface area contributed by atoms with Crippen molar-refractivity contribution in [3.05, 3.63) is 41.7 Å². The molecular weight excluding hydrogens is 154 g/mol. The number of aromatic hydroxyl groups is 1. The van der Waals surface area contributed by atoms with Crippen molar-refractivity contribution >= 4 is 10.9 Å². The number of phenols is 1. The van der Waals surface area contributed by atoms with Crippen molar-refractivity contribution in [2.75, 3.05) is 0 Å². The van der Waals surface area contributed by atoms with Gasteiger partial charge in [0.1, 0.15) is 0 Å². The van der Waals surface area contributed by atoms with Crippen LogP contribution in [-0.4, -0.2) is 5.11 Å². The highest BCUT2D eigenvalue weighted by atomic mass is 16.5. The Morgan fingerprint density at radius 3 is 2.67 bits per heavy atom. The minimum Gasteiger partial charge on any atom is -0.618 e. The zero-order valence-corrected chi connectivity index (χ0v) is 6.27. The molecule has 1 aromatic carbocycles. The number of para-hydroxylation sites is 1. The molecule has 0 amide bonds. The third-order valence-corrected chi connectivity index (χ3v) is 1.76. The lowest BCUT2D eigenvalue weighted by atomic mass is 10.2. The number of nitrogens with zero attached hydrogens (tertiary/aromatic N) is 1. The van der Waals surface area contributed by atoms with E-state index in [0.717, 1.165) is 5.39 Å².